The van der Waals surface area contributed by atoms with Crippen LogP contribution in [0.4, 0.5) is 36.7 Å². The minimum Gasteiger partial charge on any atom is -0.495 e. The summed E-state index contributed by atoms with van der Waals surface area (Å²) in [5.41, 5.74) is 1.11. The lowest BCUT2D eigenvalue weighted by Crippen LogP contribution is -2.55. The number of fused-ring (bicyclic) bond motifs is 1. The number of amides is 3. The first-order valence-electron chi connectivity index (χ1n) is 13.9. The highest BCUT2D eigenvalue weighted by Crippen LogP contribution is 2.49. The Bertz CT molecular complexity index is 1390. The molecule has 3 heterocycles. The molecule has 0 atom stereocenters. The first-order valence-corrected chi connectivity index (χ1v) is 13.9. The highest BCUT2D eigenvalue weighted by atomic mass is 19.3. The number of rotatable bonds is 6. The number of aromatic nitrogens is 2. The van der Waals surface area contributed by atoms with Crippen molar-refractivity contribution in [3.8, 4) is 5.75 Å². The van der Waals surface area contributed by atoms with Gasteiger partial charge in [0.25, 0.3) is 11.8 Å². The van der Waals surface area contributed by atoms with Crippen LogP contribution in [0.25, 0.3) is 0 Å². The lowest BCUT2D eigenvalue weighted by atomic mass is 9.60. The normalized spacial score (nSPS) is 19.7. The summed E-state index contributed by atoms with van der Waals surface area (Å²) in [5, 5.41) is 15.3. The maximum absolute atomic E-state index is 14.6. The van der Waals surface area contributed by atoms with Gasteiger partial charge in [-0.3, -0.25) is 9.59 Å². The van der Waals surface area contributed by atoms with Gasteiger partial charge in [-0.15, -0.1) is 0 Å². The summed E-state index contributed by atoms with van der Waals surface area (Å²) < 4.78 is 34.7. The number of piperidine rings is 1. The Balaban J connectivity index is 1.27. The van der Waals surface area contributed by atoms with Crippen LogP contribution in [0.3, 0.4) is 0 Å². The number of alkyl halides is 2. The Morgan fingerprint density at radius 2 is 1.88 bits per heavy atom. The van der Waals surface area contributed by atoms with Gasteiger partial charge in [-0.2, -0.15) is 13.8 Å². The molecular formula is C28H35F2N7O5. The Morgan fingerprint density at radius 1 is 1.19 bits per heavy atom. The number of benzene rings is 1. The summed E-state index contributed by atoms with van der Waals surface area (Å²) in [5.74, 6) is -4.51. The molecule has 42 heavy (non-hydrogen) atoms. The van der Waals surface area contributed by atoms with Crippen molar-refractivity contribution in [3.05, 3.63) is 30.0 Å². The van der Waals surface area contributed by atoms with Crippen LogP contribution < -0.4 is 25.2 Å². The number of nitrogens with one attached hydrogen (secondary N) is 2. The van der Waals surface area contributed by atoms with Gasteiger partial charge in [0, 0.05) is 37.8 Å². The van der Waals surface area contributed by atoms with E-state index >= 15 is 0 Å². The van der Waals surface area contributed by atoms with Crippen molar-refractivity contribution in [2.24, 2.45) is 5.41 Å². The third kappa shape index (κ3) is 5.49. The minimum absolute atomic E-state index is 0.0203. The molecule has 2 aromatic rings. The van der Waals surface area contributed by atoms with Crippen LogP contribution in [0.2, 0.25) is 0 Å². The molecule has 1 spiro atoms. The fraction of sp³-hybridized carbons (Fsp3) is 0.536. The zero-order chi connectivity index (χ0) is 30.4. The van der Waals surface area contributed by atoms with Crippen LogP contribution in [0.5, 0.6) is 5.75 Å². The number of methoxy groups -OCH3 is 1. The summed E-state index contributed by atoms with van der Waals surface area (Å²) in [4.78, 5) is 48.9. The van der Waals surface area contributed by atoms with E-state index in [0.29, 0.717) is 30.1 Å². The van der Waals surface area contributed by atoms with Crippen molar-refractivity contribution in [1.29, 1.82) is 0 Å². The zero-order valence-electron chi connectivity index (χ0n) is 24.0. The van der Waals surface area contributed by atoms with E-state index in [1.54, 1.807) is 32.0 Å². The second-order valence-electron chi connectivity index (χ2n) is 11.6. The molecule has 3 aliphatic rings. The Hall–Kier alpha value is -4.23. The van der Waals surface area contributed by atoms with Crippen molar-refractivity contribution < 1.29 is 33.0 Å². The van der Waals surface area contributed by atoms with Crippen molar-refractivity contribution in [2.75, 3.05) is 48.9 Å². The molecule has 1 aromatic heterocycles. The molecule has 226 valence electrons. The van der Waals surface area contributed by atoms with Gasteiger partial charge in [0.2, 0.25) is 5.95 Å². The van der Waals surface area contributed by atoms with E-state index < -0.39 is 24.5 Å². The predicted molar refractivity (Wildman–Crippen MR) is 151 cm³/mol. The molecule has 1 aromatic carbocycles. The standard InChI is InChI=1S/C28H35F2N7O5/c1-16(2)37-15-28(29,30)24(39)35(3)20-14-31-25(34-22(20)37)33-19-6-5-17(11-21(19)42-4)23(38)32-18-12-27(13-18)7-9-36(10-8-27)26(40)41/h5-6,11,14,16,18H,7-10,12-13,15H2,1-4H3,(H,32,38)(H,40,41)(H,31,33,34). The molecule has 0 unspecified atom stereocenters. The van der Waals surface area contributed by atoms with Crippen molar-refractivity contribution in [1.82, 2.24) is 20.2 Å². The molecule has 2 aliphatic heterocycles. The lowest BCUT2D eigenvalue weighted by Gasteiger charge is -2.51. The molecule has 5 rings (SSSR count). The molecule has 1 saturated heterocycles. The second-order valence-corrected chi connectivity index (χ2v) is 11.6. The maximum atomic E-state index is 14.6. The van der Waals surface area contributed by atoms with Gasteiger partial charge >= 0.3 is 12.0 Å². The summed E-state index contributed by atoms with van der Waals surface area (Å²) in [7, 11) is 2.73. The van der Waals surface area contributed by atoms with E-state index in [1.807, 2.05) is 0 Å². The molecule has 12 nitrogen and oxygen atoms in total. The topological polar surface area (TPSA) is 140 Å². The molecule has 3 N–H and O–H groups in total. The van der Waals surface area contributed by atoms with Crippen LogP contribution in [-0.4, -0.2) is 89.7 Å². The van der Waals surface area contributed by atoms with Gasteiger partial charge in [-0.1, -0.05) is 0 Å². The van der Waals surface area contributed by atoms with Crippen molar-refractivity contribution in [3.63, 3.8) is 0 Å². The number of anilines is 4. The van der Waals surface area contributed by atoms with Gasteiger partial charge in [-0.25, -0.2) is 9.78 Å². The number of carbonyl (C=O) groups excluding carboxylic acids is 2. The number of ether oxygens (including phenoxy) is 1. The third-order valence-corrected chi connectivity index (χ3v) is 8.49. The van der Waals surface area contributed by atoms with Gasteiger partial charge < -0.3 is 35.2 Å². The molecular weight excluding hydrogens is 552 g/mol. The summed E-state index contributed by atoms with van der Waals surface area (Å²) in [6.07, 6.45) is 3.67. The van der Waals surface area contributed by atoms with E-state index in [1.165, 1.54) is 30.2 Å². The SMILES string of the molecule is COc1cc(C(=O)NC2CC3(CCN(C(=O)O)CC3)C2)ccc1Nc1ncc2c(n1)N(C(C)C)CC(F)(F)C(=O)N2C. The molecule has 2 fully saturated rings. The molecule has 1 saturated carbocycles. The van der Waals surface area contributed by atoms with Crippen LogP contribution in [0.15, 0.2) is 24.4 Å². The van der Waals surface area contributed by atoms with E-state index in [4.69, 9.17) is 4.74 Å². The van der Waals surface area contributed by atoms with Gasteiger partial charge in [0.1, 0.15) is 11.4 Å². The van der Waals surface area contributed by atoms with Crippen LogP contribution in [-0.2, 0) is 4.79 Å². The first kappa shape index (κ1) is 29.3. The molecule has 3 amide bonds. The maximum Gasteiger partial charge on any atom is 0.407 e. The number of hydrogen-bond acceptors (Lipinski definition) is 8. The quantitative estimate of drug-likeness (QED) is 0.461. The number of hydrogen-bond donors (Lipinski definition) is 3. The highest BCUT2D eigenvalue weighted by Gasteiger charge is 2.48. The fourth-order valence-corrected chi connectivity index (χ4v) is 6.01. The Morgan fingerprint density at radius 3 is 2.50 bits per heavy atom. The highest BCUT2D eigenvalue weighted by molar-refractivity contribution is 6.02. The number of likely N-dealkylation sites (tertiary alicyclic amines) is 1. The second kappa shape index (κ2) is 10.9. The van der Waals surface area contributed by atoms with E-state index in [2.05, 4.69) is 20.6 Å². The van der Waals surface area contributed by atoms with Gasteiger partial charge in [0.15, 0.2) is 5.82 Å². The van der Waals surface area contributed by atoms with Gasteiger partial charge in [0.05, 0.1) is 25.5 Å². The van der Waals surface area contributed by atoms with E-state index in [0.717, 1.165) is 30.6 Å². The number of carboxylic acid groups (broad SMARTS) is 1. The van der Waals surface area contributed by atoms with Crippen molar-refractivity contribution >= 4 is 41.0 Å². The fourth-order valence-electron chi connectivity index (χ4n) is 6.01. The average Bonchev–Trinajstić information content (AvgIpc) is 3.01. The predicted octanol–water partition coefficient (Wildman–Crippen LogP) is 3.71. The van der Waals surface area contributed by atoms with Crippen LogP contribution >= 0.6 is 0 Å². The monoisotopic (exact) mass is 587 g/mol. The summed E-state index contributed by atoms with van der Waals surface area (Å²) in [6, 6.07) is 4.53. The Labute approximate surface area is 242 Å². The first-order chi connectivity index (χ1) is 19.8. The minimum atomic E-state index is -3.59. The average molecular weight is 588 g/mol. The third-order valence-electron chi connectivity index (χ3n) is 8.49. The smallest absolute Gasteiger partial charge is 0.407 e. The number of nitrogens with zero attached hydrogens (tertiary/aromatic N) is 5. The zero-order valence-corrected chi connectivity index (χ0v) is 24.0. The Kier molecular flexibility index (Phi) is 7.58. The van der Waals surface area contributed by atoms with Crippen molar-refractivity contribution in [2.45, 2.75) is 57.5 Å². The number of halogens is 2. The summed E-state index contributed by atoms with van der Waals surface area (Å²) in [6.45, 7) is 3.71. The van der Waals surface area contributed by atoms with Gasteiger partial charge in [-0.05, 0) is 63.1 Å². The van der Waals surface area contributed by atoms with Crippen LogP contribution in [0, 0.1) is 5.41 Å². The number of carbonyl (C=O) groups is 3. The lowest BCUT2D eigenvalue weighted by molar-refractivity contribution is -0.140. The molecule has 0 bridgehead atoms. The largest absolute Gasteiger partial charge is 0.495 e. The van der Waals surface area contributed by atoms with E-state index in [-0.39, 0.29) is 40.9 Å². The molecule has 1 aliphatic carbocycles. The summed E-state index contributed by atoms with van der Waals surface area (Å²) >= 11 is 0. The molecule has 14 heteroatoms. The van der Waals surface area contributed by atoms with E-state index in [9.17, 15) is 28.3 Å². The molecule has 0 radical (unpaired) electrons. The van der Waals surface area contributed by atoms with Crippen LogP contribution in [0.1, 0.15) is 49.9 Å².